The lowest BCUT2D eigenvalue weighted by Crippen LogP contribution is -2.35. The van der Waals surface area contributed by atoms with E-state index in [0.717, 1.165) is 22.2 Å². The Kier molecular flexibility index (Phi) is 4.58. The molecule has 1 amide bonds. The molecule has 1 heterocycles. The lowest BCUT2D eigenvalue weighted by Gasteiger charge is -2.22. The third kappa shape index (κ3) is 3.29. The largest absolute Gasteiger partial charge is 0.391 e. The lowest BCUT2D eigenvalue weighted by atomic mass is 10.0. The van der Waals surface area contributed by atoms with Crippen LogP contribution >= 0.6 is 0 Å². The molecule has 0 bridgehead atoms. The van der Waals surface area contributed by atoms with Gasteiger partial charge in [-0.2, -0.15) is 0 Å². The Bertz CT molecular complexity index is 860. The van der Waals surface area contributed by atoms with Gasteiger partial charge in [-0.3, -0.25) is 9.78 Å². The van der Waals surface area contributed by atoms with Crippen LogP contribution in [-0.4, -0.2) is 22.1 Å². The van der Waals surface area contributed by atoms with Gasteiger partial charge < -0.3 is 10.4 Å². The third-order valence-electron chi connectivity index (χ3n) is 4.02. The van der Waals surface area contributed by atoms with Crippen molar-refractivity contribution in [2.75, 3.05) is 0 Å². The number of hydrogen-bond acceptors (Lipinski definition) is 3. The van der Waals surface area contributed by atoms with Crippen LogP contribution in [0.25, 0.3) is 10.9 Å². The minimum absolute atomic E-state index is 0.216. The van der Waals surface area contributed by atoms with Crippen LogP contribution in [-0.2, 0) is 0 Å². The fourth-order valence-corrected chi connectivity index (χ4v) is 2.86. The minimum Gasteiger partial charge on any atom is -0.391 e. The number of aromatic nitrogens is 1. The third-order valence-corrected chi connectivity index (χ3v) is 4.02. The first-order chi connectivity index (χ1) is 11.6. The number of para-hydroxylation sites is 1. The normalized spacial score (nSPS) is 13.5. The van der Waals surface area contributed by atoms with Gasteiger partial charge in [0.25, 0.3) is 5.91 Å². The lowest BCUT2D eigenvalue weighted by molar-refractivity contribution is 0.0859. The van der Waals surface area contributed by atoms with Crippen molar-refractivity contribution < 1.29 is 9.90 Å². The van der Waals surface area contributed by atoms with Gasteiger partial charge in [-0.05, 0) is 31.5 Å². The number of nitrogens with one attached hydrogen (secondary N) is 1. The number of carbonyl (C=O) groups excluding carboxylic acids is 1. The van der Waals surface area contributed by atoms with E-state index >= 15 is 0 Å². The van der Waals surface area contributed by atoms with Crippen LogP contribution in [0.2, 0.25) is 0 Å². The Balaban J connectivity index is 1.97. The Hall–Kier alpha value is -2.72. The fraction of sp³-hybridized carbons (Fsp3) is 0.200. The number of aliphatic hydroxyl groups is 1. The highest BCUT2D eigenvalue weighted by Gasteiger charge is 2.21. The zero-order valence-corrected chi connectivity index (χ0v) is 13.7. The number of aryl methyl sites for hydroxylation is 1. The summed E-state index contributed by atoms with van der Waals surface area (Å²) in [6.45, 7) is 3.54. The van der Waals surface area contributed by atoms with Crippen LogP contribution in [0.5, 0.6) is 0 Å². The molecule has 0 aliphatic carbocycles. The van der Waals surface area contributed by atoms with Gasteiger partial charge in [0.1, 0.15) is 0 Å². The summed E-state index contributed by atoms with van der Waals surface area (Å²) in [6, 6.07) is 18.4. The van der Waals surface area contributed by atoms with E-state index in [1.165, 1.54) is 0 Å². The molecule has 0 fully saturated rings. The molecule has 2 aromatic carbocycles. The molecule has 0 aliphatic heterocycles. The van der Waals surface area contributed by atoms with Gasteiger partial charge in [0, 0.05) is 11.1 Å². The maximum atomic E-state index is 12.8. The molecule has 0 saturated carbocycles. The molecule has 1 aromatic heterocycles. The molecular formula is C20H20N2O2. The highest BCUT2D eigenvalue weighted by Crippen LogP contribution is 2.21. The molecule has 122 valence electrons. The zero-order valence-electron chi connectivity index (χ0n) is 13.7. The van der Waals surface area contributed by atoms with Crippen molar-refractivity contribution in [1.29, 1.82) is 0 Å². The van der Waals surface area contributed by atoms with Crippen LogP contribution in [0, 0.1) is 6.92 Å². The SMILES string of the molecule is Cc1cc(C(=O)NC(c2ccccc2)C(C)O)c2ccccc2n1. The molecule has 3 aromatic rings. The molecule has 0 aliphatic rings. The van der Waals surface area contributed by atoms with Crippen LogP contribution < -0.4 is 5.32 Å². The number of aliphatic hydroxyl groups excluding tert-OH is 1. The van der Waals surface area contributed by atoms with Gasteiger partial charge in [0.2, 0.25) is 0 Å². The highest BCUT2D eigenvalue weighted by molar-refractivity contribution is 6.06. The van der Waals surface area contributed by atoms with Crippen molar-refractivity contribution >= 4 is 16.8 Å². The fourth-order valence-electron chi connectivity index (χ4n) is 2.86. The molecule has 3 rings (SSSR count). The maximum absolute atomic E-state index is 12.8. The molecule has 0 saturated heterocycles. The van der Waals surface area contributed by atoms with Crippen molar-refractivity contribution in [3.8, 4) is 0 Å². The Morgan fingerprint density at radius 3 is 2.46 bits per heavy atom. The van der Waals surface area contributed by atoms with Crippen molar-refractivity contribution in [3.63, 3.8) is 0 Å². The molecule has 2 N–H and O–H groups in total. The van der Waals surface area contributed by atoms with E-state index in [1.807, 2.05) is 61.5 Å². The Morgan fingerprint density at radius 1 is 1.08 bits per heavy atom. The van der Waals surface area contributed by atoms with E-state index in [4.69, 9.17) is 0 Å². The predicted octanol–water partition coefficient (Wildman–Crippen LogP) is 3.40. The predicted molar refractivity (Wildman–Crippen MR) is 94.8 cm³/mol. The number of nitrogens with zero attached hydrogens (tertiary/aromatic N) is 1. The molecule has 2 atom stereocenters. The first kappa shape index (κ1) is 16.1. The monoisotopic (exact) mass is 320 g/mol. The Labute approximate surface area is 141 Å². The second-order valence-electron chi connectivity index (χ2n) is 5.93. The number of rotatable bonds is 4. The van der Waals surface area contributed by atoms with E-state index in [1.54, 1.807) is 13.0 Å². The quantitative estimate of drug-likeness (QED) is 0.774. The first-order valence-electron chi connectivity index (χ1n) is 7.96. The van der Waals surface area contributed by atoms with Gasteiger partial charge >= 0.3 is 0 Å². The number of amides is 1. The average Bonchev–Trinajstić information content (AvgIpc) is 2.59. The van der Waals surface area contributed by atoms with Crippen molar-refractivity contribution in [1.82, 2.24) is 10.3 Å². The number of carbonyl (C=O) groups is 1. The number of benzene rings is 2. The summed E-state index contributed by atoms with van der Waals surface area (Å²) in [7, 11) is 0. The summed E-state index contributed by atoms with van der Waals surface area (Å²) in [5.41, 5.74) is 3.01. The van der Waals surface area contributed by atoms with Gasteiger partial charge in [-0.15, -0.1) is 0 Å². The van der Waals surface area contributed by atoms with Crippen LogP contribution in [0.4, 0.5) is 0 Å². The zero-order chi connectivity index (χ0) is 17.1. The summed E-state index contributed by atoms with van der Waals surface area (Å²) >= 11 is 0. The van der Waals surface area contributed by atoms with E-state index < -0.39 is 12.1 Å². The molecule has 4 heteroatoms. The van der Waals surface area contributed by atoms with E-state index in [-0.39, 0.29) is 5.91 Å². The molecule has 2 unspecified atom stereocenters. The number of pyridine rings is 1. The minimum atomic E-state index is -0.703. The van der Waals surface area contributed by atoms with Gasteiger partial charge in [-0.1, -0.05) is 48.5 Å². The van der Waals surface area contributed by atoms with Crippen molar-refractivity contribution in [2.45, 2.75) is 26.0 Å². The first-order valence-corrected chi connectivity index (χ1v) is 7.96. The van der Waals surface area contributed by atoms with E-state index in [0.29, 0.717) is 5.56 Å². The second kappa shape index (κ2) is 6.81. The van der Waals surface area contributed by atoms with Crippen LogP contribution in [0.1, 0.15) is 34.6 Å². The van der Waals surface area contributed by atoms with Crippen molar-refractivity contribution in [3.05, 3.63) is 77.5 Å². The highest BCUT2D eigenvalue weighted by atomic mass is 16.3. The standard InChI is InChI=1S/C20H20N2O2/c1-13-12-17(16-10-6-7-11-18(16)21-13)20(24)22-19(14(2)23)15-8-4-3-5-9-15/h3-12,14,19,23H,1-2H3,(H,22,24). The number of hydrogen-bond donors (Lipinski definition) is 2. The second-order valence-corrected chi connectivity index (χ2v) is 5.93. The van der Waals surface area contributed by atoms with Crippen molar-refractivity contribution in [2.24, 2.45) is 0 Å². The maximum Gasteiger partial charge on any atom is 0.252 e. The molecular weight excluding hydrogens is 300 g/mol. The average molecular weight is 320 g/mol. The summed E-state index contributed by atoms with van der Waals surface area (Å²) in [5, 5.41) is 13.9. The smallest absolute Gasteiger partial charge is 0.252 e. The van der Waals surface area contributed by atoms with Gasteiger partial charge in [-0.25, -0.2) is 0 Å². The van der Waals surface area contributed by atoms with E-state index in [2.05, 4.69) is 10.3 Å². The summed E-state index contributed by atoms with van der Waals surface area (Å²) < 4.78 is 0. The van der Waals surface area contributed by atoms with Crippen LogP contribution in [0.3, 0.4) is 0 Å². The summed E-state index contributed by atoms with van der Waals surface area (Å²) in [5.74, 6) is -0.216. The summed E-state index contributed by atoms with van der Waals surface area (Å²) in [6.07, 6.45) is -0.703. The summed E-state index contributed by atoms with van der Waals surface area (Å²) in [4.78, 5) is 17.3. The topological polar surface area (TPSA) is 62.2 Å². The van der Waals surface area contributed by atoms with E-state index in [9.17, 15) is 9.90 Å². The molecule has 0 spiro atoms. The van der Waals surface area contributed by atoms with Gasteiger partial charge in [0.15, 0.2) is 0 Å². The van der Waals surface area contributed by atoms with Crippen LogP contribution in [0.15, 0.2) is 60.7 Å². The molecule has 4 nitrogen and oxygen atoms in total. The molecule has 0 radical (unpaired) electrons. The molecule has 24 heavy (non-hydrogen) atoms. The number of fused-ring (bicyclic) bond motifs is 1. The Morgan fingerprint density at radius 2 is 1.75 bits per heavy atom. The van der Waals surface area contributed by atoms with Gasteiger partial charge in [0.05, 0.1) is 23.2 Å².